The van der Waals surface area contributed by atoms with Crippen LogP contribution in [0.2, 0.25) is 0 Å². The second-order valence-corrected chi connectivity index (χ2v) is 5.03. The molecule has 19 heavy (non-hydrogen) atoms. The zero-order valence-electron chi connectivity index (χ0n) is 10.9. The highest BCUT2D eigenvalue weighted by atomic mass is 79.9. The lowest BCUT2D eigenvalue weighted by Gasteiger charge is -2.11. The molecule has 1 heterocycles. The third-order valence-corrected chi connectivity index (χ3v) is 3.19. The predicted octanol–water partition coefficient (Wildman–Crippen LogP) is 2.83. The highest BCUT2D eigenvalue weighted by Gasteiger charge is 2.09. The van der Waals surface area contributed by atoms with Gasteiger partial charge in [0.1, 0.15) is 23.7 Å². The molecule has 0 saturated carbocycles. The van der Waals surface area contributed by atoms with Crippen molar-refractivity contribution in [3.8, 4) is 5.75 Å². The van der Waals surface area contributed by atoms with Gasteiger partial charge < -0.3 is 10.1 Å². The van der Waals surface area contributed by atoms with Gasteiger partial charge in [-0.25, -0.2) is 4.63 Å². The standard InChI is InChI=1S/C13H16BrN3O2/c1-3-15-7-10-6-11(14)4-5-13(10)18-8-12-9(2)16-19-17-12/h4-6,15H,3,7-8H2,1-2H3. The van der Waals surface area contributed by atoms with E-state index in [4.69, 9.17) is 4.74 Å². The number of nitrogens with zero attached hydrogens (tertiary/aromatic N) is 2. The summed E-state index contributed by atoms with van der Waals surface area (Å²) < 4.78 is 11.5. The minimum absolute atomic E-state index is 0.357. The molecule has 102 valence electrons. The number of ether oxygens (including phenoxy) is 1. The molecule has 2 rings (SSSR count). The average Bonchev–Trinajstić information content (AvgIpc) is 2.81. The van der Waals surface area contributed by atoms with E-state index in [9.17, 15) is 0 Å². The van der Waals surface area contributed by atoms with Crippen molar-refractivity contribution in [3.05, 3.63) is 39.6 Å². The summed E-state index contributed by atoms with van der Waals surface area (Å²) in [7, 11) is 0. The van der Waals surface area contributed by atoms with Crippen LogP contribution in [0.4, 0.5) is 0 Å². The van der Waals surface area contributed by atoms with Crippen LogP contribution in [0.3, 0.4) is 0 Å². The number of rotatable bonds is 6. The number of nitrogens with one attached hydrogen (secondary N) is 1. The molecule has 0 aliphatic heterocycles. The Bertz CT molecular complexity index is 542. The van der Waals surface area contributed by atoms with Crippen LogP contribution >= 0.6 is 15.9 Å². The fourth-order valence-electron chi connectivity index (χ4n) is 1.61. The molecule has 0 amide bonds. The maximum absolute atomic E-state index is 5.79. The highest BCUT2D eigenvalue weighted by Crippen LogP contribution is 2.24. The van der Waals surface area contributed by atoms with Crippen molar-refractivity contribution in [1.82, 2.24) is 15.6 Å². The monoisotopic (exact) mass is 325 g/mol. The molecule has 6 heteroatoms. The Labute approximate surface area is 120 Å². The van der Waals surface area contributed by atoms with E-state index in [0.29, 0.717) is 6.61 Å². The summed E-state index contributed by atoms with van der Waals surface area (Å²) >= 11 is 3.47. The van der Waals surface area contributed by atoms with Crippen LogP contribution < -0.4 is 10.1 Å². The quantitative estimate of drug-likeness (QED) is 0.884. The van der Waals surface area contributed by atoms with E-state index in [0.717, 1.165) is 40.3 Å². The number of halogens is 1. The maximum atomic E-state index is 5.79. The molecule has 0 unspecified atom stereocenters. The van der Waals surface area contributed by atoms with E-state index in [1.54, 1.807) is 0 Å². The Hall–Kier alpha value is -1.40. The van der Waals surface area contributed by atoms with Crippen molar-refractivity contribution < 1.29 is 9.37 Å². The minimum Gasteiger partial charge on any atom is -0.487 e. The summed E-state index contributed by atoms with van der Waals surface area (Å²) in [6.07, 6.45) is 0. The van der Waals surface area contributed by atoms with Crippen molar-refractivity contribution in [3.63, 3.8) is 0 Å². The number of aromatic nitrogens is 2. The molecule has 0 aliphatic carbocycles. The lowest BCUT2D eigenvalue weighted by Crippen LogP contribution is -2.13. The SMILES string of the molecule is CCNCc1cc(Br)ccc1OCc1nonc1C. The van der Waals surface area contributed by atoms with Gasteiger partial charge >= 0.3 is 0 Å². The molecule has 0 aliphatic rings. The van der Waals surface area contributed by atoms with Crippen LogP contribution in [0, 0.1) is 6.92 Å². The molecule has 1 aromatic heterocycles. The molecule has 0 fully saturated rings. The van der Waals surface area contributed by atoms with Gasteiger partial charge in [-0.05, 0) is 31.7 Å². The molecular formula is C13H16BrN3O2. The molecule has 5 nitrogen and oxygen atoms in total. The first kappa shape index (κ1) is 14.0. The van der Waals surface area contributed by atoms with Gasteiger partial charge in [-0.2, -0.15) is 0 Å². The second kappa shape index (κ2) is 6.68. The molecule has 1 N–H and O–H groups in total. The number of aryl methyl sites for hydroxylation is 1. The first-order chi connectivity index (χ1) is 9.20. The molecule has 0 bridgehead atoms. The van der Waals surface area contributed by atoms with Crippen LogP contribution in [0.15, 0.2) is 27.3 Å². The van der Waals surface area contributed by atoms with Crippen LogP contribution in [-0.4, -0.2) is 16.9 Å². The lowest BCUT2D eigenvalue weighted by molar-refractivity contribution is 0.268. The zero-order chi connectivity index (χ0) is 13.7. The fraction of sp³-hybridized carbons (Fsp3) is 0.385. The second-order valence-electron chi connectivity index (χ2n) is 4.12. The van der Waals surface area contributed by atoms with Gasteiger partial charge in [0.2, 0.25) is 0 Å². The third kappa shape index (κ3) is 3.78. The van der Waals surface area contributed by atoms with E-state index < -0.39 is 0 Å². The minimum atomic E-state index is 0.357. The Morgan fingerprint density at radius 3 is 2.89 bits per heavy atom. The van der Waals surface area contributed by atoms with E-state index in [1.807, 2.05) is 25.1 Å². The average molecular weight is 326 g/mol. The van der Waals surface area contributed by atoms with E-state index in [2.05, 4.69) is 43.1 Å². The summed E-state index contributed by atoms with van der Waals surface area (Å²) in [5.41, 5.74) is 2.58. The molecule has 0 spiro atoms. The number of hydrogen-bond donors (Lipinski definition) is 1. The first-order valence-electron chi connectivity index (χ1n) is 6.10. The topological polar surface area (TPSA) is 60.2 Å². The third-order valence-electron chi connectivity index (χ3n) is 2.70. The normalized spacial score (nSPS) is 10.7. The lowest BCUT2D eigenvalue weighted by atomic mass is 10.2. The summed E-state index contributed by atoms with van der Waals surface area (Å²) in [4.78, 5) is 0. The van der Waals surface area contributed by atoms with Crippen molar-refractivity contribution in [2.45, 2.75) is 27.0 Å². The summed E-state index contributed by atoms with van der Waals surface area (Å²) in [6, 6.07) is 5.95. The number of hydrogen-bond acceptors (Lipinski definition) is 5. The molecule has 0 radical (unpaired) electrons. The molecule has 2 aromatic rings. The predicted molar refractivity (Wildman–Crippen MR) is 74.9 cm³/mol. The first-order valence-corrected chi connectivity index (χ1v) is 6.90. The Morgan fingerprint density at radius 2 is 2.21 bits per heavy atom. The molecule has 0 atom stereocenters. The van der Waals surface area contributed by atoms with Gasteiger partial charge in [0.05, 0.1) is 0 Å². The summed E-state index contributed by atoms with van der Waals surface area (Å²) in [5, 5.41) is 10.8. The van der Waals surface area contributed by atoms with Crippen molar-refractivity contribution >= 4 is 15.9 Å². The van der Waals surface area contributed by atoms with Gasteiger partial charge in [-0.15, -0.1) is 0 Å². The van der Waals surface area contributed by atoms with E-state index in [-0.39, 0.29) is 0 Å². The summed E-state index contributed by atoms with van der Waals surface area (Å²) in [6.45, 7) is 5.95. The van der Waals surface area contributed by atoms with Crippen molar-refractivity contribution in [2.24, 2.45) is 0 Å². The Kier molecular flexibility index (Phi) is 4.93. The molecule has 1 aromatic carbocycles. The van der Waals surface area contributed by atoms with Gasteiger partial charge in [-0.3, -0.25) is 0 Å². The van der Waals surface area contributed by atoms with E-state index in [1.165, 1.54) is 0 Å². The van der Waals surface area contributed by atoms with Gasteiger partial charge in [0.15, 0.2) is 0 Å². The number of benzene rings is 1. The van der Waals surface area contributed by atoms with Gasteiger partial charge in [0, 0.05) is 16.6 Å². The highest BCUT2D eigenvalue weighted by molar-refractivity contribution is 9.10. The Morgan fingerprint density at radius 1 is 1.37 bits per heavy atom. The van der Waals surface area contributed by atoms with Crippen LogP contribution in [-0.2, 0) is 13.2 Å². The Balaban J connectivity index is 2.08. The zero-order valence-corrected chi connectivity index (χ0v) is 12.5. The smallest absolute Gasteiger partial charge is 0.145 e. The summed E-state index contributed by atoms with van der Waals surface area (Å²) in [5.74, 6) is 0.839. The van der Waals surface area contributed by atoms with Gasteiger partial charge in [-0.1, -0.05) is 33.2 Å². The largest absolute Gasteiger partial charge is 0.487 e. The van der Waals surface area contributed by atoms with Crippen LogP contribution in [0.25, 0.3) is 0 Å². The van der Waals surface area contributed by atoms with Crippen molar-refractivity contribution in [2.75, 3.05) is 6.54 Å². The molecular weight excluding hydrogens is 310 g/mol. The van der Waals surface area contributed by atoms with Crippen molar-refractivity contribution in [1.29, 1.82) is 0 Å². The van der Waals surface area contributed by atoms with E-state index >= 15 is 0 Å². The van der Waals surface area contributed by atoms with Crippen LogP contribution in [0.1, 0.15) is 23.9 Å². The van der Waals surface area contributed by atoms with Gasteiger partial charge in [0.25, 0.3) is 0 Å². The maximum Gasteiger partial charge on any atom is 0.145 e. The van der Waals surface area contributed by atoms with Crippen LogP contribution in [0.5, 0.6) is 5.75 Å². The molecule has 0 saturated heterocycles. The fourth-order valence-corrected chi connectivity index (χ4v) is 2.02.